The number of nitrogens with one attached hydrogen (secondary N) is 1. The second-order valence-electron chi connectivity index (χ2n) is 5.33. The number of benzene rings is 2. The van der Waals surface area contributed by atoms with E-state index in [1.807, 2.05) is 19.1 Å². The second-order valence-corrected chi connectivity index (χ2v) is 5.33. The molecule has 0 spiro atoms. The molecule has 24 heavy (non-hydrogen) atoms. The van der Waals surface area contributed by atoms with E-state index in [0.29, 0.717) is 11.3 Å². The molecule has 0 atom stereocenters. The van der Waals surface area contributed by atoms with Crippen molar-refractivity contribution < 1.29 is 14.5 Å². The number of non-ortho nitro benzene ring substituents is 1. The Morgan fingerprint density at radius 1 is 1.12 bits per heavy atom. The smallest absolute Gasteiger partial charge is 0.267 e. The number of carbonyl (C=O) groups is 2. The first-order chi connectivity index (χ1) is 11.5. The molecule has 0 unspecified atom stereocenters. The lowest BCUT2D eigenvalue weighted by Crippen LogP contribution is -2.35. The van der Waals surface area contributed by atoms with E-state index >= 15 is 0 Å². The molecule has 7 nitrogen and oxygen atoms in total. The molecule has 0 aromatic heterocycles. The van der Waals surface area contributed by atoms with Gasteiger partial charge in [-0.1, -0.05) is 29.8 Å². The van der Waals surface area contributed by atoms with Crippen molar-refractivity contribution in [3.8, 4) is 0 Å². The van der Waals surface area contributed by atoms with Crippen LogP contribution in [0.1, 0.15) is 11.1 Å². The lowest BCUT2D eigenvalue weighted by Gasteiger charge is -2.14. The number of hydrogen-bond acceptors (Lipinski definition) is 4. The average molecular weight is 323 g/mol. The molecule has 0 aliphatic carbocycles. The molecule has 3 rings (SSSR count). The fourth-order valence-electron chi connectivity index (χ4n) is 2.33. The number of amides is 2. The Balaban J connectivity index is 1.93. The zero-order chi connectivity index (χ0) is 17.3. The number of aryl methyl sites for hydroxylation is 1. The van der Waals surface area contributed by atoms with Crippen LogP contribution in [0, 0.1) is 17.0 Å². The molecule has 1 aliphatic rings. The number of carbonyl (C=O) groups excluding carboxylic acids is 2. The highest BCUT2D eigenvalue weighted by atomic mass is 16.6. The van der Waals surface area contributed by atoms with Crippen molar-refractivity contribution in [3.63, 3.8) is 0 Å². The van der Waals surface area contributed by atoms with E-state index in [0.717, 1.165) is 10.6 Å². The molecule has 0 radical (unpaired) electrons. The van der Waals surface area contributed by atoms with E-state index < -0.39 is 16.7 Å². The van der Waals surface area contributed by atoms with Crippen LogP contribution in [0.15, 0.2) is 54.1 Å². The molecule has 1 aliphatic heterocycles. The number of hydrogen-bond donors (Lipinski definition) is 1. The minimum atomic E-state index is -0.549. The van der Waals surface area contributed by atoms with Crippen molar-refractivity contribution in [2.24, 2.45) is 0 Å². The summed E-state index contributed by atoms with van der Waals surface area (Å²) in [5.41, 5.74) is 4.30. The van der Waals surface area contributed by atoms with Crippen molar-refractivity contribution in [3.05, 3.63) is 75.3 Å². The van der Waals surface area contributed by atoms with Crippen molar-refractivity contribution in [2.75, 3.05) is 5.01 Å². The molecule has 120 valence electrons. The Morgan fingerprint density at radius 3 is 2.50 bits per heavy atom. The summed E-state index contributed by atoms with van der Waals surface area (Å²) in [6.45, 7) is 1.92. The van der Waals surface area contributed by atoms with E-state index in [2.05, 4.69) is 5.43 Å². The third-order valence-corrected chi connectivity index (χ3v) is 3.58. The van der Waals surface area contributed by atoms with E-state index in [4.69, 9.17) is 0 Å². The van der Waals surface area contributed by atoms with Crippen LogP contribution in [0.4, 0.5) is 11.4 Å². The molecule has 0 saturated carbocycles. The highest BCUT2D eigenvalue weighted by Gasteiger charge is 2.34. The van der Waals surface area contributed by atoms with Gasteiger partial charge < -0.3 is 0 Å². The largest absolute Gasteiger partial charge is 0.282 e. The van der Waals surface area contributed by atoms with Crippen molar-refractivity contribution >= 4 is 29.3 Å². The molecular formula is C17H13N3O4. The first-order valence-corrected chi connectivity index (χ1v) is 7.14. The lowest BCUT2D eigenvalue weighted by molar-refractivity contribution is -0.384. The molecule has 0 bridgehead atoms. The molecule has 1 heterocycles. The number of nitro benzene ring substituents is 1. The fourth-order valence-corrected chi connectivity index (χ4v) is 2.33. The van der Waals surface area contributed by atoms with Gasteiger partial charge >= 0.3 is 0 Å². The zero-order valence-electron chi connectivity index (χ0n) is 12.7. The minimum Gasteiger partial charge on any atom is -0.267 e. The van der Waals surface area contributed by atoms with Gasteiger partial charge in [0.25, 0.3) is 17.5 Å². The number of anilines is 1. The van der Waals surface area contributed by atoms with Crippen LogP contribution >= 0.6 is 0 Å². The van der Waals surface area contributed by atoms with Crippen molar-refractivity contribution in [1.29, 1.82) is 0 Å². The third kappa shape index (κ3) is 2.87. The first-order valence-electron chi connectivity index (χ1n) is 7.14. The monoisotopic (exact) mass is 323 g/mol. The Bertz CT molecular complexity index is 872. The van der Waals surface area contributed by atoms with Gasteiger partial charge in [-0.2, -0.15) is 0 Å². The summed E-state index contributed by atoms with van der Waals surface area (Å²) in [7, 11) is 0. The van der Waals surface area contributed by atoms with Gasteiger partial charge in [0.05, 0.1) is 10.6 Å². The summed E-state index contributed by atoms with van der Waals surface area (Å²) < 4.78 is 0. The number of rotatable bonds is 3. The molecule has 2 aromatic rings. The van der Waals surface area contributed by atoms with Crippen molar-refractivity contribution in [1.82, 2.24) is 5.43 Å². The number of nitro groups is 1. The fraction of sp³-hybridized carbons (Fsp3) is 0.0588. The molecule has 2 aromatic carbocycles. The molecule has 1 saturated heterocycles. The summed E-state index contributed by atoms with van der Waals surface area (Å²) in [6.07, 6.45) is 1.35. The Hall–Kier alpha value is -3.48. The molecule has 1 N–H and O–H groups in total. The SMILES string of the molecule is Cc1ccc(N2NC(=O)C(=Cc3cccc([N+](=O)[O-])c3)C2=O)cc1. The van der Waals surface area contributed by atoms with Crippen LogP contribution in [0.25, 0.3) is 6.08 Å². The summed E-state index contributed by atoms with van der Waals surface area (Å²) in [5.74, 6) is -1.05. The molecule has 2 amide bonds. The second kappa shape index (κ2) is 5.96. The Kier molecular flexibility index (Phi) is 3.83. The van der Waals surface area contributed by atoms with Gasteiger partial charge in [-0.3, -0.25) is 25.1 Å². The van der Waals surface area contributed by atoms with E-state index in [1.54, 1.807) is 18.2 Å². The minimum absolute atomic E-state index is 0.0731. The maximum absolute atomic E-state index is 12.5. The maximum atomic E-state index is 12.5. The Morgan fingerprint density at radius 2 is 1.83 bits per heavy atom. The summed E-state index contributed by atoms with van der Waals surface area (Å²) in [4.78, 5) is 34.8. The zero-order valence-corrected chi connectivity index (χ0v) is 12.7. The van der Waals surface area contributed by atoms with E-state index in [9.17, 15) is 19.7 Å². The summed E-state index contributed by atoms with van der Waals surface area (Å²) in [6, 6.07) is 12.9. The molecule has 1 fully saturated rings. The van der Waals surface area contributed by atoms with Gasteiger partial charge in [-0.15, -0.1) is 0 Å². The number of nitrogens with zero attached hydrogens (tertiary/aromatic N) is 2. The van der Waals surface area contributed by atoms with Crippen LogP contribution in [-0.4, -0.2) is 16.7 Å². The van der Waals surface area contributed by atoms with Crippen LogP contribution in [0.2, 0.25) is 0 Å². The normalized spacial score (nSPS) is 15.7. The Labute approximate surface area is 137 Å². The number of hydrazine groups is 1. The van der Waals surface area contributed by atoms with Gasteiger partial charge in [-0.05, 0) is 30.7 Å². The molecular weight excluding hydrogens is 310 g/mol. The summed E-state index contributed by atoms with van der Waals surface area (Å²) >= 11 is 0. The van der Waals surface area contributed by atoms with Gasteiger partial charge in [-0.25, -0.2) is 5.01 Å². The maximum Gasteiger partial charge on any atom is 0.282 e. The van der Waals surface area contributed by atoms with Gasteiger partial charge in [0.2, 0.25) is 0 Å². The van der Waals surface area contributed by atoms with Crippen LogP contribution in [0.5, 0.6) is 0 Å². The lowest BCUT2D eigenvalue weighted by atomic mass is 10.1. The standard InChI is InChI=1S/C17H13N3O4/c1-11-5-7-13(8-6-11)19-17(22)15(16(21)18-19)10-12-3-2-4-14(9-12)20(23)24/h2-10H,1H3,(H,18,21). The summed E-state index contributed by atoms with van der Waals surface area (Å²) in [5, 5.41) is 12.0. The van der Waals surface area contributed by atoms with Crippen LogP contribution in [-0.2, 0) is 9.59 Å². The highest BCUT2D eigenvalue weighted by Crippen LogP contribution is 2.23. The first kappa shape index (κ1) is 15.4. The van der Waals surface area contributed by atoms with E-state index in [-0.39, 0.29) is 11.3 Å². The quantitative estimate of drug-likeness (QED) is 0.406. The predicted octanol–water partition coefficient (Wildman–Crippen LogP) is 2.36. The van der Waals surface area contributed by atoms with Gasteiger partial charge in [0, 0.05) is 12.1 Å². The third-order valence-electron chi connectivity index (χ3n) is 3.58. The van der Waals surface area contributed by atoms with Crippen molar-refractivity contribution in [2.45, 2.75) is 6.92 Å². The van der Waals surface area contributed by atoms with Crippen LogP contribution < -0.4 is 10.4 Å². The van der Waals surface area contributed by atoms with Gasteiger partial charge in [0.1, 0.15) is 5.57 Å². The average Bonchev–Trinajstić information content (AvgIpc) is 2.84. The van der Waals surface area contributed by atoms with Gasteiger partial charge in [0.15, 0.2) is 0 Å². The molecule has 7 heteroatoms. The predicted molar refractivity (Wildman–Crippen MR) is 87.9 cm³/mol. The van der Waals surface area contributed by atoms with Crippen LogP contribution in [0.3, 0.4) is 0 Å². The topological polar surface area (TPSA) is 92.6 Å². The highest BCUT2D eigenvalue weighted by molar-refractivity contribution is 6.31. The van der Waals surface area contributed by atoms with E-state index in [1.165, 1.54) is 24.3 Å².